The van der Waals surface area contributed by atoms with Crippen molar-refractivity contribution in [2.75, 3.05) is 27.3 Å². The molecule has 2 fully saturated rings. The number of carbonyl (C=O) groups excluding carboxylic acids is 1. The van der Waals surface area contributed by atoms with E-state index in [-0.39, 0.29) is 11.9 Å². The van der Waals surface area contributed by atoms with Gasteiger partial charge in [0.2, 0.25) is 0 Å². The third kappa shape index (κ3) is 4.87. The minimum absolute atomic E-state index is 0.0156. The Hall–Kier alpha value is -2.70. The van der Waals surface area contributed by atoms with Gasteiger partial charge in [0, 0.05) is 19.4 Å². The molecule has 9 heteroatoms. The molecule has 0 aliphatic carbocycles. The second-order valence-corrected chi connectivity index (χ2v) is 10.0. The van der Waals surface area contributed by atoms with E-state index in [1.807, 2.05) is 0 Å². The molecule has 2 saturated heterocycles. The molecule has 0 aromatic heterocycles. The molecule has 0 radical (unpaired) electrons. The van der Waals surface area contributed by atoms with Gasteiger partial charge in [-0.15, -0.1) is 0 Å². The number of carbonyl (C=O) groups is 1. The van der Waals surface area contributed by atoms with Crippen molar-refractivity contribution in [2.45, 2.75) is 37.5 Å². The summed E-state index contributed by atoms with van der Waals surface area (Å²) >= 11 is 0. The van der Waals surface area contributed by atoms with E-state index in [1.54, 1.807) is 67.7 Å². The molecule has 2 aromatic carbocycles. The van der Waals surface area contributed by atoms with Crippen LogP contribution in [0.2, 0.25) is 0 Å². The Morgan fingerprint density at radius 2 is 1.41 bits per heavy atom. The zero-order valence-electron chi connectivity index (χ0n) is 18.4. The van der Waals surface area contributed by atoms with Gasteiger partial charge in [-0.05, 0) is 61.4 Å². The second kappa shape index (κ2) is 9.84. The largest absolute Gasteiger partial charge is 0.497 e. The summed E-state index contributed by atoms with van der Waals surface area (Å²) in [7, 11) is -0.641. The third-order valence-corrected chi connectivity index (χ3v) is 8.14. The molecule has 32 heavy (non-hydrogen) atoms. The van der Waals surface area contributed by atoms with Crippen LogP contribution in [0.3, 0.4) is 0 Å². The van der Waals surface area contributed by atoms with Crippen LogP contribution in [-0.2, 0) is 9.36 Å². The summed E-state index contributed by atoms with van der Waals surface area (Å²) in [6, 6.07) is 13.6. The number of likely N-dealkylation sites (tertiary alicyclic amines) is 1. The maximum absolute atomic E-state index is 14.3. The van der Waals surface area contributed by atoms with E-state index in [1.165, 1.54) is 0 Å². The molecular weight excluding hydrogens is 431 g/mol. The maximum Gasteiger partial charge on any atom is 0.453 e. The van der Waals surface area contributed by atoms with Gasteiger partial charge in [0.1, 0.15) is 23.0 Å². The second-order valence-electron chi connectivity index (χ2n) is 8.00. The molecule has 0 saturated carbocycles. The predicted molar refractivity (Wildman–Crippen MR) is 119 cm³/mol. The van der Waals surface area contributed by atoms with Crippen LogP contribution in [-0.4, -0.2) is 49.9 Å². The zero-order valence-corrected chi connectivity index (χ0v) is 19.3. The van der Waals surface area contributed by atoms with Crippen LogP contribution in [0.5, 0.6) is 23.0 Å². The average molecular weight is 461 g/mol. The lowest BCUT2D eigenvalue weighted by Crippen LogP contribution is -2.89. The Bertz CT molecular complexity index is 906. The van der Waals surface area contributed by atoms with Crippen molar-refractivity contribution >= 4 is 13.5 Å². The van der Waals surface area contributed by atoms with Crippen molar-refractivity contribution in [1.82, 2.24) is 4.90 Å². The molecule has 2 aliphatic rings. The highest BCUT2D eigenvalue weighted by atomic mass is 31.2. The summed E-state index contributed by atoms with van der Waals surface area (Å²) in [6.45, 7) is 1.49. The number of ether oxygens (including phenoxy) is 2. The molecule has 2 aromatic rings. The first-order chi connectivity index (χ1) is 15.5. The van der Waals surface area contributed by atoms with Gasteiger partial charge >= 0.3 is 7.60 Å². The maximum atomic E-state index is 14.3. The zero-order chi connectivity index (χ0) is 22.6. The molecule has 2 unspecified atom stereocenters. The number of rotatable bonds is 8. The van der Waals surface area contributed by atoms with Crippen LogP contribution in [0.15, 0.2) is 48.5 Å². The minimum Gasteiger partial charge on any atom is -0.497 e. The van der Waals surface area contributed by atoms with Crippen LogP contribution in [0.25, 0.3) is 0 Å². The molecule has 0 spiro atoms. The highest BCUT2D eigenvalue weighted by molar-refractivity contribution is 7.55. The first kappa shape index (κ1) is 22.5. The monoisotopic (exact) mass is 461 g/mol. The topological polar surface area (TPSA) is 90.9 Å². The van der Waals surface area contributed by atoms with Crippen molar-refractivity contribution in [2.24, 2.45) is 0 Å². The smallest absolute Gasteiger partial charge is 0.453 e. The fraction of sp³-hybridized carbons (Fsp3) is 0.435. The molecule has 8 nitrogen and oxygen atoms in total. The molecule has 4 rings (SSSR count). The molecule has 2 atom stereocenters. The molecule has 1 amide bonds. The van der Waals surface area contributed by atoms with Crippen molar-refractivity contribution in [1.29, 1.82) is 0 Å². The first-order valence-electron chi connectivity index (χ1n) is 10.9. The van der Waals surface area contributed by atoms with Crippen LogP contribution in [0, 0.1) is 0 Å². The van der Waals surface area contributed by atoms with Gasteiger partial charge in [0.15, 0.2) is 11.8 Å². The summed E-state index contributed by atoms with van der Waals surface area (Å²) < 4.78 is 36.7. The number of hydrogen-bond acceptors (Lipinski definition) is 6. The summed E-state index contributed by atoms with van der Waals surface area (Å²) in [5.74, 6) is 1.49. The summed E-state index contributed by atoms with van der Waals surface area (Å²) in [6.07, 6.45) is 3.16. The van der Waals surface area contributed by atoms with E-state index in [4.69, 9.17) is 18.5 Å². The number of nitrogens with zero attached hydrogens (tertiary/aromatic N) is 1. The van der Waals surface area contributed by atoms with Crippen LogP contribution in [0.4, 0.5) is 0 Å². The summed E-state index contributed by atoms with van der Waals surface area (Å²) in [5, 5.41) is 2.07. The van der Waals surface area contributed by atoms with E-state index in [0.29, 0.717) is 36.0 Å². The summed E-state index contributed by atoms with van der Waals surface area (Å²) in [4.78, 5) is 14.9. The Balaban J connectivity index is 1.63. The van der Waals surface area contributed by atoms with Gasteiger partial charge in [-0.2, -0.15) is 0 Å². The van der Waals surface area contributed by atoms with Gasteiger partial charge in [-0.25, -0.2) is 4.57 Å². The molecule has 2 aliphatic heterocycles. The van der Waals surface area contributed by atoms with E-state index in [0.717, 1.165) is 25.8 Å². The lowest BCUT2D eigenvalue weighted by atomic mass is 10.2. The highest BCUT2D eigenvalue weighted by Gasteiger charge is 2.49. The standard InChI is InChI=1S/C23H29N2O6P/c1-28-17-7-11-19(12-8-17)30-32(27,31-20-13-9-18(29-2)10-14-20)22-6-4-16-25(22)23(26)21-5-3-15-24-21/h7-14,21-22,24H,3-6,15-16H2,1-2H3/p+1. The van der Waals surface area contributed by atoms with Crippen LogP contribution < -0.4 is 23.8 Å². The lowest BCUT2D eigenvalue weighted by molar-refractivity contribution is -0.658. The minimum atomic E-state index is -3.80. The van der Waals surface area contributed by atoms with Crippen molar-refractivity contribution in [3.63, 3.8) is 0 Å². The third-order valence-electron chi connectivity index (χ3n) is 5.94. The molecular formula is C23H30N2O6P+. The number of amides is 1. The van der Waals surface area contributed by atoms with Gasteiger partial charge in [0.05, 0.1) is 20.8 Å². The average Bonchev–Trinajstić information content (AvgIpc) is 3.52. The Kier molecular flexibility index (Phi) is 6.92. The highest BCUT2D eigenvalue weighted by Crippen LogP contribution is 2.57. The van der Waals surface area contributed by atoms with Crippen molar-refractivity contribution in [3.05, 3.63) is 48.5 Å². The van der Waals surface area contributed by atoms with Crippen molar-refractivity contribution in [3.8, 4) is 23.0 Å². The van der Waals surface area contributed by atoms with Gasteiger partial charge in [0.25, 0.3) is 5.91 Å². The Morgan fingerprint density at radius 3 is 1.88 bits per heavy atom. The van der Waals surface area contributed by atoms with E-state index in [2.05, 4.69) is 5.32 Å². The Morgan fingerprint density at radius 1 is 0.875 bits per heavy atom. The predicted octanol–water partition coefficient (Wildman–Crippen LogP) is 3.03. The molecule has 2 heterocycles. The van der Waals surface area contributed by atoms with E-state index in [9.17, 15) is 9.36 Å². The SMILES string of the molecule is COc1ccc(OP(=O)(Oc2ccc(OC)cc2)C2CCCN2C(=O)C2CCC[NH2+]2)cc1. The summed E-state index contributed by atoms with van der Waals surface area (Å²) in [5.41, 5.74) is 0. The van der Waals surface area contributed by atoms with Gasteiger partial charge in [-0.1, -0.05) is 0 Å². The number of methoxy groups -OCH3 is 2. The number of quaternary nitrogens is 1. The van der Waals surface area contributed by atoms with Gasteiger partial charge in [-0.3, -0.25) is 4.79 Å². The number of nitrogens with two attached hydrogens (primary N) is 1. The molecule has 2 N–H and O–H groups in total. The molecule has 0 bridgehead atoms. The quantitative estimate of drug-likeness (QED) is 0.608. The van der Waals surface area contributed by atoms with Crippen LogP contribution >= 0.6 is 7.60 Å². The van der Waals surface area contributed by atoms with E-state index >= 15 is 0 Å². The van der Waals surface area contributed by atoms with Crippen LogP contribution in [0.1, 0.15) is 25.7 Å². The lowest BCUT2D eigenvalue weighted by Gasteiger charge is -2.31. The normalized spacial score (nSPS) is 20.8. The molecule has 172 valence electrons. The number of hydrogen-bond donors (Lipinski definition) is 1. The Labute approximate surface area is 188 Å². The van der Waals surface area contributed by atoms with E-state index < -0.39 is 13.4 Å². The first-order valence-corrected chi connectivity index (χ1v) is 12.5. The van der Waals surface area contributed by atoms with Crippen molar-refractivity contribution < 1.29 is 33.2 Å². The number of benzene rings is 2. The fourth-order valence-electron chi connectivity index (χ4n) is 4.25. The van der Waals surface area contributed by atoms with Gasteiger partial charge < -0.3 is 28.7 Å². The fourth-order valence-corrected chi connectivity index (χ4v) is 6.44.